The van der Waals surface area contributed by atoms with Crippen LogP contribution in [0.2, 0.25) is 10.2 Å². The van der Waals surface area contributed by atoms with Gasteiger partial charge >= 0.3 is 0 Å². The lowest BCUT2D eigenvalue weighted by Crippen LogP contribution is -2.18. The number of nitrogen functional groups attached to an aromatic ring is 1. The van der Waals surface area contributed by atoms with Crippen LogP contribution in [-0.2, 0) is 9.84 Å². The standard InChI is InChI=1S/C17H11Cl2F2N3O2S/c18-13-8-24-16(22)6-11(13)17(12-5-9(20)1-3-14(12)21)27(25,26)10-2-4-15(19)23-7-10/h1-8,17H,(H2,22,24). The van der Waals surface area contributed by atoms with Crippen LogP contribution in [0.5, 0.6) is 0 Å². The Balaban J connectivity index is 2.32. The van der Waals surface area contributed by atoms with Gasteiger partial charge < -0.3 is 5.73 Å². The SMILES string of the molecule is Nc1cc(C(c2cc(F)ccc2F)S(=O)(=O)c2ccc(Cl)nc2)c(Cl)cn1. The van der Waals surface area contributed by atoms with Crippen LogP contribution >= 0.6 is 23.2 Å². The van der Waals surface area contributed by atoms with E-state index in [-0.39, 0.29) is 26.5 Å². The van der Waals surface area contributed by atoms with E-state index in [2.05, 4.69) is 9.97 Å². The number of sulfone groups is 1. The zero-order valence-corrected chi connectivity index (χ0v) is 15.7. The molecule has 1 aromatic carbocycles. The molecule has 2 aromatic heterocycles. The van der Waals surface area contributed by atoms with Gasteiger partial charge in [-0.15, -0.1) is 0 Å². The Morgan fingerprint density at radius 1 is 0.963 bits per heavy atom. The Bertz CT molecular complexity index is 1060. The van der Waals surface area contributed by atoms with Crippen LogP contribution in [0, 0.1) is 11.6 Å². The summed E-state index contributed by atoms with van der Waals surface area (Å²) in [5.41, 5.74) is 5.19. The number of hydrogen-bond acceptors (Lipinski definition) is 5. The fourth-order valence-electron chi connectivity index (χ4n) is 2.56. The van der Waals surface area contributed by atoms with Crippen LogP contribution in [0.3, 0.4) is 0 Å². The molecule has 1 atom stereocenters. The van der Waals surface area contributed by atoms with E-state index in [1.54, 1.807) is 0 Å². The molecular formula is C17H11Cl2F2N3O2S. The molecule has 3 rings (SSSR count). The highest BCUT2D eigenvalue weighted by Gasteiger charge is 2.35. The van der Waals surface area contributed by atoms with Gasteiger partial charge in [0.2, 0.25) is 0 Å². The molecule has 0 radical (unpaired) electrons. The maximum absolute atomic E-state index is 14.5. The molecule has 140 valence electrons. The Labute approximate surface area is 163 Å². The van der Waals surface area contributed by atoms with Gasteiger partial charge in [-0.05, 0) is 42.0 Å². The van der Waals surface area contributed by atoms with E-state index in [0.29, 0.717) is 0 Å². The lowest BCUT2D eigenvalue weighted by atomic mass is 10.0. The van der Waals surface area contributed by atoms with Crippen molar-refractivity contribution in [2.75, 3.05) is 5.73 Å². The fourth-order valence-corrected chi connectivity index (χ4v) is 4.72. The molecule has 2 N–H and O–H groups in total. The minimum Gasteiger partial charge on any atom is -0.384 e. The largest absolute Gasteiger partial charge is 0.384 e. The molecule has 0 saturated heterocycles. The van der Waals surface area contributed by atoms with E-state index in [1.807, 2.05) is 0 Å². The van der Waals surface area contributed by atoms with Gasteiger partial charge in [0.05, 0.1) is 9.92 Å². The van der Waals surface area contributed by atoms with Crippen molar-refractivity contribution in [3.8, 4) is 0 Å². The molecule has 0 aliphatic rings. The molecule has 10 heteroatoms. The maximum atomic E-state index is 14.5. The summed E-state index contributed by atoms with van der Waals surface area (Å²) < 4.78 is 54.8. The zero-order chi connectivity index (χ0) is 19.8. The molecule has 0 aliphatic heterocycles. The second-order valence-electron chi connectivity index (χ2n) is 5.54. The van der Waals surface area contributed by atoms with Crippen LogP contribution in [0.1, 0.15) is 16.4 Å². The molecule has 0 spiro atoms. The van der Waals surface area contributed by atoms with E-state index in [1.165, 1.54) is 18.2 Å². The predicted molar refractivity (Wildman–Crippen MR) is 98.3 cm³/mol. The summed E-state index contributed by atoms with van der Waals surface area (Å²) in [6.07, 6.45) is 2.17. The highest BCUT2D eigenvalue weighted by Crippen LogP contribution is 2.40. The van der Waals surface area contributed by atoms with Gasteiger partial charge in [-0.25, -0.2) is 27.2 Å². The summed E-state index contributed by atoms with van der Waals surface area (Å²) in [6, 6.07) is 6.22. The smallest absolute Gasteiger partial charge is 0.191 e. The molecule has 27 heavy (non-hydrogen) atoms. The first-order chi connectivity index (χ1) is 12.7. The third-order valence-corrected chi connectivity index (χ3v) is 6.33. The molecule has 0 fully saturated rings. The van der Waals surface area contributed by atoms with Crippen LogP contribution in [0.15, 0.2) is 53.7 Å². The molecule has 5 nitrogen and oxygen atoms in total. The van der Waals surface area contributed by atoms with Crippen molar-refractivity contribution in [1.82, 2.24) is 9.97 Å². The van der Waals surface area contributed by atoms with Gasteiger partial charge in [-0.2, -0.15) is 0 Å². The number of aromatic nitrogens is 2. The molecule has 0 saturated carbocycles. The first-order valence-electron chi connectivity index (χ1n) is 7.41. The van der Waals surface area contributed by atoms with E-state index < -0.39 is 32.3 Å². The van der Waals surface area contributed by atoms with Gasteiger partial charge in [0, 0.05) is 18.0 Å². The van der Waals surface area contributed by atoms with Crippen molar-refractivity contribution < 1.29 is 17.2 Å². The summed E-state index contributed by atoms with van der Waals surface area (Å²) in [4.78, 5) is 7.28. The number of benzene rings is 1. The van der Waals surface area contributed by atoms with Crippen molar-refractivity contribution in [2.45, 2.75) is 10.1 Å². The second kappa shape index (κ2) is 7.38. The summed E-state index contributed by atoms with van der Waals surface area (Å²) in [5, 5.41) is -1.66. The number of rotatable bonds is 4. The molecule has 0 aliphatic carbocycles. The molecule has 3 aromatic rings. The van der Waals surface area contributed by atoms with Gasteiger partial charge in [-0.1, -0.05) is 23.2 Å². The number of pyridine rings is 2. The Hall–Kier alpha value is -2.29. The lowest BCUT2D eigenvalue weighted by Gasteiger charge is -2.20. The second-order valence-corrected chi connectivity index (χ2v) is 8.37. The molecule has 0 amide bonds. The van der Waals surface area contributed by atoms with E-state index in [4.69, 9.17) is 28.9 Å². The number of anilines is 1. The average molecular weight is 430 g/mol. The van der Waals surface area contributed by atoms with Crippen molar-refractivity contribution in [2.24, 2.45) is 0 Å². The zero-order valence-electron chi connectivity index (χ0n) is 13.4. The summed E-state index contributed by atoms with van der Waals surface area (Å²) in [5.74, 6) is -1.75. The van der Waals surface area contributed by atoms with Gasteiger partial charge in [-0.3, -0.25) is 0 Å². The highest BCUT2D eigenvalue weighted by molar-refractivity contribution is 7.92. The average Bonchev–Trinajstić information content (AvgIpc) is 2.61. The molecular weight excluding hydrogens is 419 g/mol. The van der Waals surface area contributed by atoms with Gasteiger partial charge in [0.1, 0.15) is 27.9 Å². The van der Waals surface area contributed by atoms with Crippen LogP contribution in [0.25, 0.3) is 0 Å². The Morgan fingerprint density at radius 3 is 2.37 bits per heavy atom. The Morgan fingerprint density at radius 2 is 1.70 bits per heavy atom. The van der Waals surface area contributed by atoms with E-state index in [9.17, 15) is 17.2 Å². The monoisotopic (exact) mass is 429 g/mol. The molecule has 1 unspecified atom stereocenters. The third-order valence-electron chi connectivity index (χ3n) is 3.77. The van der Waals surface area contributed by atoms with Gasteiger partial charge in [0.15, 0.2) is 9.84 Å². The minimum atomic E-state index is -4.30. The predicted octanol–water partition coefficient (Wildman–Crippen LogP) is 4.21. The van der Waals surface area contributed by atoms with E-state index >= 15 is 0 Å². The summed E-state index contributed by atoms with van der Waals surface area (Å²) in [7, 11) is -4.30. The van der Waals surface area contributed by atoms with Crippen molar-refractivity contribution in [1.29, 1.82) is 0 Å². The number of nitrogens with zero attached hydrogens (tertiary/aromatic N) is 2. The fraction of sp³-hybridized carbons (Fsp3) is 0.0588. The quantitative estimate of drug-likeness (QED) is 0.627. The van der Waals surface area contributed by atoms with Crippen molar-refractivity contribution in [3.05, 3.63) is 81.7 Å². The normalized spacial score (nSPS) is 12.7. The highest BCUT2D eigenvalue weighted by atomic mass is 35.5. The number of nitrogens with two attached hydrogens (primary N) is 1. The number of halogens is 4. The first kappa shape index (κ1) is 19.5. The Kier molecular flexibility index (Phi) is 5.32. The minimum absolute atomic E-state index is 0.0272. The van der Waals surface area contributed by atoms with Crippen molar-refractivity contribution in [3.63, 3.8) is 0 Å². The maximum Gasteiger partial charge on any atom is 0.191 e. The van der Waals surface area contributed by atoms with Gasteiger partial charge in [0.25, 0.3) is 0 Å². The molecule has 2 heterocycles. The van der Waals surface area contributed by atoms with E-state index in [0.717, 1.165) is 30.6 Å². The first-order valence-corrected chi connectivity index (χ1v) is 9.71. The molecule has 0 bridgehead atoms. The van der Waals surface area contributed by atoms with Crippen LogP contribution in [-0.4, -0.2) is 18.4 Å². The number of hydrogen-bond donors (Lipinski definition) is 1. The van der Waals surface area contributed by atoms with Crippen molar-refractivity contribution >= 4 is 38.9 Å². The van der Waals surface area contributed by atoms with Crippen LogP contribution in [0.4, 0.5) is 14.6 Å². The van der Waals surface area contributed by atoms with Crippen LogP contribution < -0.4 is 5.73 Å². The lowest BCUT2D eigenvalue weighted by molar-refractivity contribution is 0.569. The summed E-state index contributed by atoms with van der Waals surface area (Å²) in [6.45, 7) is 0. The third kappa shape index (κ3) is 3.87. The topological polar surface area (TPSA) is 85.9 Å². The summed E-state index contributed by atoms with van der Waals surface area (Å²) >= 11 is 11.8.